The summed E-state index contributed by atoms with van der Waals surface area (Å²) in [6.45, 7) is 3.58. The molecule has 2 heterocycles. The normalized spacial score (nSPS) is 23.7. The smallest absolute Gasteiger partial charge is 0.202 e. The highest BCUT2D eigenvalue weighted by atomic mass is 19.1. The van der Waals surface area contributed by atoms with Gasteiger partial charge in [0.2, 0.25) is 5.78 Å². The van der Waals surface area contributed by atoms with E-state index in [-0.39, 0.29) is 17.5 Å². The van der Waals surface area contributed by atoms with E-state index in [1.807, 2.05) is 6.92 Å². The number of halogens is 1. The fourth-order valence-corrected chi connectivity index (χ4v) is 2.48. The number of ketones is 1. The van der Waals surface area contributed by atoms with Gasteiger partial charge in [-0.25, -0.2) is 4.39 Å². The van der Waals surface area contributed by atoms with Gasteiger partial charge >= 0.3 is 0 Å². The van der Waals surface area contributed by atoms with E-state index < -0.39 is 0 Å². The lowest BCUT2D eigenvalue weighted by Gasteiger charge is -2.10. The molecule has 0 bridgehead atoms. The van der Waals surface area contributed by atoms with Crippen LogP contribution in [0.15, 0.2) is 28.7 Å². The number of fused-ring (bicyclic) bond motifs is 1. The zero-order valence-electron chi connectivity index (χ0n) is 10.1. The molecule has 1 aromatic carbocycles. The van der Waals surface area contributed by atoms with Gasteiger partial charge in [0.05, 0.1) is 0 Å². The van der Waals surface area contributed by atoms with E-state index >= 15 is 0 Å². The maximum absolute atomic E-state index is 13.1. The third-order valence-corrected chi connectivity index (χ3v) is 3.58. The van der Waals surface area contributed by atoms with E-state index in [0.29, 0.717) is 29.2 Å². The highest BCUT2D eigenvalue weighted by Crippen LogP contribution is 2.26. The summed E-state index contributed by atoms with van der Waals surface area (Å²) in [7, 11) is 0. The van der Waals surface area contributed by atoms with Crippen LogP contribution in [0.5, 0.6) is 0 Å². The van der Waals surface area contributed by atoms with E-state index in [0.717, 1.165) is 6.54 Å². The molecule has 0 saturated carbocycles. The van der Waals surface area contributed by atoms with Crippen molar-refractivity contribution in [2.24, 2.45) is 11.8 Å². The Bertz CT molecular complexity index is 605. The molecule has 1 N–H and O–H groups in total. The minimum atomic E-state index is -0.321. The Morgan fingerprint density at radius 2 is 2.22 bits per heavy atom. The summed E-state index contributed by atoms with van der Waals surface area (Å²) in [6, 6.07) is 5.90. The summed E-state index contributed by atoms with van der Waals surface area (Å²) >= 11 is 0. The molecular weight excluding hydrogens is 233 g/mol. The number of hydrogen-bond donors (Lipinski definition) is 1. The van der Waals surface area contributed by atoms with Gasteiger partial charge in [-0.1, -0.05) is 6.92 Å². The number of hydrogen-bond acceptors (Lipinski definition) is 3. The number of carbonyl (C=O) groups is 1. The topological polar surface area (TPSA) is 42.2 Å². The summed E-state index contributed by atoms with van der Waals surface area (Å²) < 4.78 is 18.6. The van der Waals surface area contributed by atoms with Gasteiger partial charge < -0.3 is 9.73 Å². The number of rotatable bonds is 2. The molecule has 2 atom stereocenters. The number of Topliss-reactive ketones (excluding diaryl/α,β-unsaturated/α-hetero) is 1. The van der Waals surface area contributed by atoms with Crippen molar-refractivity contribution in [3.8, 4) is 0 Å². The Labute approximate surface area is 104 Å². The van der Waals surface area contributed by atoms with Crippen LogP contribution in [0.25, 0.3) is 11.0 Å². The molecule has 1 aliphatic heterocycles. The molecular formula is C14H14FNO2. The molecule has 0 spiro atoms. The lowest BCUT2D eigenvalue weighted by Crippen LogP contribution is -2.20. The Morgan fingerprint density at radius 3 is 2.94 bits per heavy atom. The minimum Gasteiger partial charge on any atom is -0.453 e. The third kappa shape index (κ3) is 1.82. The minimum absolute atomic E-state index is 0.00380. The maximum atomic E-state index is 13.1. The van der Waals surface area contributed by atoms with Crippen molar-refractivity contribution in [3.63, 3.8) is 0 Å². The Morgan fingerprint density at radius 1 is 1.39 bits per heavy atom. The van der Waals surface area contributed by atoms with Crippen LogP contribution < -0.4 is 5.32 Å². The van der Waals surface area contributed by atoms with Gasteiger partial charge in [0.15, 0.2) is 5.76 Å². The molecule has 4 heteroatoms. The quantitative estimate of drug-likeness (QED) is 0.829. The van der Waals surface area contributed by atoms with Gasteiger partial charge in [-0.05, 0) is 36.7 Å². The van der Waals surface area contributed by atoms with Crippen molar-refractivity contribution in [2.45, 2.75) is 6.92 Å². The first kappa shape index (κ1) is 11.4. The second-order valence-electron chi connectivity index (χ2n) is 4.90. The van der Waals surface area contributed by atoms with E-state index in [4.69, 9.17) is 4.42 Å². The Hall–Kier alpha value is -1.68. The first-order valence-electron chi connectivity index (χ1n) is 6.09. The SMILES string of the molecule is CC1CNCC1C(=O)c1cc2cc(F)ccc2o1. The molecule has 94 valence electrons. The summed E-state index contributed by atoms with van der Waals surface area (Å²) in [5.74, 6) is 0.274. The summed E-state index contributed by atoms with van der Waals surface area (Å²) in [5, 5.41) is 3.83. The maximum Gasteiger partial charge on any atom is 0.202 e. The number of furan rings is 1. The van der Waals surface area contributed by atoms with E-state index in [2.05, 4.69) is 5.32 Å². The average molecular weight is 247 g/mol. The summed E-state index contributed by atoms with van der Waals surface area (Å²) in [6.07, 6.45) is 0. The molecule has 0 radical (unpaired) electrons. The van der Waals surface area contributed by atoms with Crippen molar-refractivity contribution in [2.75, 3.05) is 13.1 Å². The predicted molar refractivity (Wildman–Crippen MR) is 66.0 cm³/mol. The van der Waals surface area contributed by atoms with Crippen LogP contribution in [-0.4, -0.2) is 18.9 Å². The summed E-state index contributed by atoms with van der Waals surface area (Å²) in [4.78, 5) is 12.3. The van der Waals surface area contributed by atoms with E-state index in [1.54, 1.807) is 12.1 Å². The van der Waals surface area contributed by atoms with Crippen LogP contribution >= 0.6 is 0 Å². The van der Waals surface area contributed by atoms with Crippen molar-refractivity contribution in [1.29, 1.82) is 0 Å². The van der Waals surface area contributed by atoms with Gasteiger partial charge in [-0.15, -0.1) is 0 Å². The fraction of sp³-hybridized carbons (Fsp3) is 0.357. The predicted octanol–water partition coefficient (Wildman–Crippen LogP) is 2.61. The molecule has 0 amide bonds. The lowest BCUT2D eigenvalue weighted by atomic mass is 9.92. The van der Waals surface area contributed by atoms with E-state index in [1.165, 1.54) is 12.1 Å². The first-order chi connectivity index (χ1) is 8.65. The van der Waals surface area contributed by atoms with Crippen LogP contribution in [0.3, 0.4) is 0 Å². The molecule has 3 nitrogen and oxygen atoms in total. The van der Waals surface area contributed by atoms with Crippen molar-refractivity contribution < 1.29 is 13.6 Å². The molecule has 3 rings (SSSR count). The monoisotopic (exact) mass is 247 g/mol. The first-order valence-corrected chi connectivity index (χ1v) is 6.09. The lowest BCUT2D eigenvalue weighted by molar-refractivity contribution is 0.0881. The largest absolute Gasteiger partial charge is 0.453 e. The standard InChI is InChI=1S/C14H14FNO2/c1-8-6-16-7-11(8)14(17)13-5-9-4-10(15)2-3-12(9)18-13/h2-5,8,11,16H,6-7H2,1H3. The van der Waals surface area contributed by atoms with Crippen LogP contribution in [0.1, 0.15) is 17.5 Å². The van der Waals surface area contributed by atoms with Crippen LogP contribution in [-0.2, 0) is 0 Å². The Kier molecular flexibility index (Phi) is 2.67. The van der Waals surface area contributed by atoms with Gasteiger partial charge in [0.1, 0.15) is 11.4 Å². The zero-order chi connectivity index (χ0) is 12.7. The number of benzene rings is 1. The zero-order valence-corrected chi connectivity index (χ0v) is 10.1. The van der Waals surface area contributed by atoms with Gasteiger partial charge in [-0.3, -0.25) is 4.79 Å². The molecule has 1 saturated heterocycles. The van der Waals surface area contributed by atoms with Crippen molar-refractivity contribution >= 4 is 16.8 Å². The molecule has 1 fully saturated rings. The Balaban J connectivity index is 1.96. The second kappa shape index (κ2) is 4.21. The van der Waals surface area contributed by atoms with Crippen molar-refractivity contribution in [3.05, 3.63) is 35.8 Å². The van der Waals surface area contributed by atoms with Gasteiger partial charge in [0.25, 0.3) is 0 Å². The van der Waals surface area contributed by atoms with Gasteiger partial charge in [0, 0.05) is 17.8 Å². The van der Waals surface area contributed by atoms with Crippen LogP contribution in [0, 0.1) is 17.7 Å². The fourth-order valence-electron chi connectivity index (χ4n) is 2.48. The molecule has 1 aliphatic rings. The van der Waals surface area contributed by atoms with Gasteiger partial charge in [-0.2, -0.15) is 0 Å². The van der Waals surface area contributed by atoms with E-state index in [9.17, 15) is 9.18 Å². The highest BCUT2D eigenvalue weighted by Gasteiger charge is 2.32. The number of nitrogens with one attached hydrogen (secondary N) is 1. The second-order valence-corrected chi connectivity index (χ2v) is 4.90. The molecule has 0 aliphatic carbocycles. The summed E-state index contributed by atoms with van der Waals surface area (Å²) in [5.41, 5.74) is 0.554. The van der Waals surface area contributed by atoms with Crippen LogP contribution in [0.4, 0.5) is 4.39 Å². The molecule has 1 aromatic heterocycles. The molecule has 2 aromatic rings. The highest BCUT2D eigenvalue weighted by molar-refractivity contribution is 5.99. The third-order valence-electron chi connectivity index (χ3n) is 3.58. The van der Waals surface area contributed by atoms with Crippen LogP contribution in [0.2, 0.25) is 0 Å². The molecule has 18 heavy (non-hydrogen) atoms. The molecule has 2 unspecified atom stereocenters. The number of carbonyl (C=O) groups excluding carboxylic acids is 1. The van der Waals surface area contributed by atoms with Crippen molar-refractivity contribution in [1.82, 2.24) is 5.32 Å². The average Bonchev–Trinajstić information content (AvgIpc) is 2.93.